The van der Waals surface area contributed by atoms with Crippen molar-refractivity contribution in [3.63, 3.8) is 0 Å². The highest BCUT2D eigenvalue weighted by Gasteiger charge is 2.25. The van der Waals surface area contributed by atoms with Crippen LogP contribution >= 0.6 is 15.9 Å². The van der Waals surface area contributed by atoms with E-state index in [0.29, 0.717) is 11.4 Å². The summed E-state index contributed by atoms with van der Waals surface area (Å²) >= 11 is 3.30. The summed E-state index contributed by atoms with van der Waals surface area (Å²) in [7, 11) is -3.98. The molecule has 0 aliphatic rings. The molecule has 3 rings (SSSR count). The molecule has 0 radical (unpaired) electrons. The van der Waals surface area contributed by atoms with Crippen LogP contribution in [0.3, 0.4) is 0 Å². The predicted octanol–water partition coefficient (Wildman–Crippen LogP) is 3.23. The maximum Gasteiger partial charge on any atom is 0.279 e. The lowest BCUT2D eigenvalue weighted by atomic mass is 10.3. The molecule has 3 aromatic rings. The molecule has 1 heterocycles. The molecule has 0 fully saturated rings. The number of benzene rings is 2. The Hall–Kier alpha value is -2.65. The summed E-state index contributed by atoms with van der Waals surface area (Å²) in [5.41, 5.74) is 0.844. The van der Waals surface area contributed by atoms with Crippen molar-refractivity contribution in [2.45, 2.75) is 5.03 Å². The first-order chi connectivity index (χ1) is 12.0. The minimum Gasteiger partial charge on any atom is -0.322 e. The average molecular weight is 421 g/mol. The van der Waals surface area contributed by atoms with Crippen molar-refractivity contribution < 1.29 is 13.2 Å². The molecule has 0 unspecified atom stereocenters. The standard InChI is InChI=1S/C16H13BrN4O3S/c17-11-6-8-12(9-7-11)19-15(22)14-10-18-20-16(14)25(23,24)21-13-4-2-1-3-5-13/h1-10,21H,(H,18,20)(H,19,22). The SMILES string of the molecule is O=C(Nc1ccc(Br)cc1)c1cn[nH]c1S(=O)(=O)Nc1ccccc1. The lowest BCUT2D eigenvalue weighted by Crippen LogP contribution is -2.19. The van der Waals surface area contributed by atoms with Gasteiger partial charge in [-0.25, -0.2) is 0 Å². The number of halogens is 1. The van der Waals surface area contributed by atoms with Crippen LogP contribution in [0.4, 0.5) is 11.4 Å². The van der Waals surface area contributed by atoms with Gasteiger partial charge in [0.05, 0.1) is 11.8 Å². The average Bonchev–Trinajstić information content (AvgIpc) is 3.08. The zero-order valence-electron chi connectivity index (χ0n) is 12.7. The number of para-hydroxylation sites is 1. The summed E-state index contributed by atoms with van der Waals surface area (Å²) in [6, 6.07) is 15.3. The van der Waals surface area contributed by atoms with E-state index in [1.165, 1.54) is 6.20 Å². The van der Waals surface area contributed by atoms with Crippen molar-refractivity contribution in [3.8, 4) is 0 Å². The summed E-state index contributed by atoms with van der Waals surface area (Å²) in [5, 5.41) is 8.40. The third-order valence-corrected chi connectivity index (χ3v) is 5.13. The van der Waals surface area contributed by atoms with Crippen molar-refractivity contribution in [1.29, 1.82) is 0 Å². The highest BCUT2D eigenvalue weighted by atomic mass is 79.9. The van der Waals surface area contributed by atoms with Crippen LogP contribution < -0.4 is 10.0 Å². The molecule has 2 aromatic carbocycles. The first kappa shape index (κ1) is 17.2. The molecule has 1 amide bonds. The minimum absolute atomic E-state index is 0.0775. The van der Waals surface area contributed by atoms with Gasteiger partial charge < -0.3 is 5.32 Å². The fraction of sp³-hybridized carbons (Fsp3) is 0. The largest absolute Gasteiger partial charge is 0.322 e. The number of carbonyl (C=O) groups excluding carboxylic acids is 1. The second-order valence-electron chi connectivity index (χ2n) is 5.05. The van der Waals surface area contributed by atoms with Gasteiger partial charge in [-0.2, -0.15) is 13.5 Å². The molecule has 25 heavy (non-hydrogen) atoms. The fourth-order valence-electron chi connectivity index (χ4n) is 2.08. The molecule has 0 atom stereocenters. The Labute approximate surface area is 152 Å². The van der Waals surface area contributed by atoms with E-state index >= 15 is 0 Å². The highest BCUT2D eigenvalue weighted by Crippen LogP contribution is 2.19. The maximum atomic E-state index is 12.5. The number of amides is 1. The van der Waals surface area contributed by atoms with E-state index in [-0.39, 0.29) is 10.6 Å². The fourth-order valence-corrected chi connectivity index (χ4v) is 3.51. The molecule has 3 N–H and O–H groups in total. The Kier molecular flexibility index (Phi) is 4.86. The number of aromatic amines is 1. The number of aromatic nitrogens is 2. The zero-order chi connectivity index (χ0) is 17.9. The van der Waals surface area contributed by atoms with Crippen LogP contribution in [0.1, 0.15) is 10.4 Å². The number of anilines is 2. The van der Waals surface area contributed by atoms with Crippen molar-refractivity contribution >= 4 is 43.2 Å². The number of carbonyl (C=O) groups is 1. The van der Waals surface area contributed by atoms with Gasteiger partial charge >= 0.3 is 0 Å². The van der Waals surface area contributed by atoms with Gasteiger partial charge in [0, 0.05) is 15.8 Å². The van der Waals surface area contributed by atoms with E-state index in [1.54, 1.807) is 54.6 Å². The molecule has 1 aromatic heterocycles. The molecule has 0 aliphatic carbocycles. The molecule has 9 heteroatoms. The highest BCUT2D eigenvalue weighted by molar-refractivity contribution is 9.10. The maximum absolute atomic E-state index is 12.5. The van der Waals surface area contributed by atoms with Gasteiger partial charge in [-0.05, 0) is 36.4 Å². The molecular weight excluding hydrogens is 408 g/mol. The molecule has 128 valence electrons. The Morgan fingerprint density at radius 1 is 1.00 bits per heavy atom. The summed E-state index contributed by atoms with van der Waals surface area (Å²) in [6.45, 7) is 0. The lowest BCUT2D eigenvalue weighted by molar-refractivity contribution is 0.102. The van der Waals surface area contributed by atoms with Gasteiger partial charge in [-0.3, -0.25) is 14.6 Å². The lowest BCUT2D eigenvalue weighted by Gasteiger charge is -2.09. The minimum atomic E-state index is -3.98. The number of H-pyrrole nitrogens is 1. The van der Waals surface area contributed by atoms with Crippen LogP contribution in [0.25, 0.3) is 0 Å². The van der Waals surface area contributed by atoms with Gasteiger partial charge in [0.15, 0.2) is 5.03 Å². The smallest absolute Gasteiger partial charge is 0.279 e. The third-order valence-electron chi connectivity index (χ3n) is 3.25. The molecule has 0 bridgehead atoms. The van der Waals surface area contributed by atoms with Crippen LogP contribution in [0.5, 0.6) is 0 Å². The van der Waals surface area contributed by atoms with E-state index in [9.17, 15) is 13.2 Å². The van der Waals surface area contributed by atoms with Crippen molar-refractivity contribution in [1.82, 2.24) is 10.2 Å². The number of rotatable bonds is 5. The topological polar surface area (TPSA) is 104 Å². The Bertz CT molecular complexity index is 986. The van der Waals surface area contributed by atoms with Gasteiger partial charge in [0.1, 0.15) is 0 Å². The molecule has 7 nitrogen and oxygen atoms in total. The molecule has 0 aliphatic heterocycles. The van der Waals surface area contributed by atoms with Crippen molar-refractivity contribution in [2.24, 2.45) is 0 Å². The van der Waals surface area contributed by atoms with Crippen LogP contribution in [0, 0.1) is 0 Å². The third kappa shape index (κ3) is 4.06. The molecule has 0 spiro atoms. The van der Waals surface area contributed by atoms with Gasteiger partial charge in [0.2, 0.25) is 0 Å². The van der Waals surface area contributed by atoms with Crippen LogP contribution in [0.15, 0.2) is 70.3 Å². The zero-order valence-corrected chi connectivity index (χ0v) is 15.1. The number of hydrogen-bond donors (Lipinski definition) is 3. The summed E-state index contributed by atoms with van der Waals surface area (Å²) in [4.78, 5) is 12.4. The summed E-state index contributed by atoms with van der Waals surface area (Å²) in [6.07, 6.45) is 1.17. The van der Waals surface area contributed by atoms with Crippen molar-refractivity contribution in [2.75, 3.05) is 10.0 Å². The van der Waals surface area contributed by atoms with E-state index in [0.717, 1.165) is 4.47 Å². The van der Waals surface area contributed by atoms with E-state index in [4.69, 9.17) is 0 Å². The second kappa shape index (κ2) is 7.08. The molecule has 0 saturated carbocycles. The Morgan fingerprint density at radius 2 is 1.68 bits per heavy atom. The second-order valence-corrected chi connectivity index (χ2v) is 7.58. The molecule has 0 saturated heterocycles. The molecular formula is C16H13BrN4O3S. The Balaban J connectivity index is 1.84. The quantitative estimate of drug-likeness (QED) is 0.589. The number of nitrogens with one attached hydrogen (secondary N) is 3. The number of nitrogens with zero attached hydrogens (tertiary/aromatic N) is 1. The number of hydrogen-bond acceptors (Lipinski definition) is 4. The van der Waals surface area contributed by atoms with E-state index in [1.807, 2.05) is 0 Å². The van der Waals surface area contributed by atoms with Crippen LogP contribution in [-0.2, 0) is 10.0 Å². The van der Waals surface area contributed by atoms with Crippen molar-refractivity contribution in [3.05, 3.63) is 70.8 Å². The first-order valence-electron chi connectivity index (χ1n) is 7.14. The predicted molar refractivity (Wildman–Crippen MR) is 97.9 cm³/mol. The van der Waals surface area contributed by atoms with E-state index < -0.39 is 15.9 Å². The van der Waals surface area contributed by atoms with Gasteiger partial charge in [0.25, 0.3) is 15.9 Å². The first-order valence-corrected chi connectivity index (χ1v) is 9.41. The summed E-state index contributed by atoms with van der Waals surface area (Å²) in [5.74, 6) is -0.579. The van der Waals surface area contributed by atoms with Crippen LogP contribution in [-0.4, -0.2) is 24.5 Å². The van der Waals surface area contributed by atoms with E-state index in [2.05, 4.69) is 36.2 Å². The summed E-state index contributed by atoms with van der Waals surface area (Å²) < 4.78 is 28.3. The van der Waals surface area contributed by atoms with Gasteiger partial charge in [-0.15, -0.1) is 0 Å². The van der Waals surface area contributed by atoms with Crippen LogP contribution in [0.2, 0.25) is 0 Å². The Morgan fingerprint density at radius 3 is 2.36 bits per heavy atom. The van der Waals surface area contributed by atoms with Gasteiger partial charge in [-0.1, -0.05) is 34.1 Å². The number of sulfonamides is 1. The monoisotopic (exact) mass is 420 g/mol. The normalized spacial score (nSPS) is 11.1.